The molecule has 0 radical (unpaired) electrons. The summed E-state index contributed by atoms with van der Waals surface area (Å²) in [4.78, 5) is 1.07. The van der Waals surface area contributed by atoms with E-state index in [1.54, 1.807) is 6.07 Å². The Morgan fingerprint density at radius 2 is 2.19 bits per heavy atom. The summed E-state index contributed by atoms with van der Waals surface area (Å²) in [5, 5.41) is 3.72. The molecule has 1 aromatic heterocycles. The minimum atomic E-state index is -3.34. The summed E-state index contributed by atoms with van der Waals surface area (Å²) in [6.07, 6.45) is 4.67. The molecule has 0 saturated carbocycles. The highest BCUT2D eigenvalue weighted by Gasteiger charge is 2.20. The van der Waals surface area contributed by atoms with E-state index in [0.717, 1.165) is 36.6 Å². The van der Waals surface area contributed by atoms with Gasteiger partial charge in [0.1, 0.15) is 4.21 Å². The Bertz CT molecular complexity index is 522. The Morgan fingerprint density at radius 3 is 2.90 bits per heavy atom. The lowest BCUT2D eigenvalue weighted by Crippen LogP contribution is -2.31. The van der Waals surface area contributed by atoms with Gasteiger partial charge in [0.25, 0.3) is 0 Å². The van der Waals surface area contributed by atoms with Gasteiger partial charge in [0.15, 0.2) is 0 Å². The summed E-state index contributed by atoms with van der Waals surface area (Å²) in [7, 11) is -3.34. The van der Waals surface area contributed by atoms with E-state index in [9.17, 15) is 8.42 Å². The van der Waals surface area contributed by atoms with Gasteiger partial charge in [0.05, 0.1) is 0 Å². The van der Waals surface area contributed by atoms with Crippen LogP contribution in [0.2, 0.25) is 0 Å². The minimum absolute atomic E-state index is 0.427. The average Bonchev–Trinajstić information content (AvgIpc) is 2.96. The van der Waals surface area contributed by atoms with Gasteiger partial charge >= 0.3 is 0 Å². The molecule has 1 unspecified atom stereocenters. The van der Waals surface area contributed by atoms with Crippen molar-refractivity contribution in [3.05, 3.63) is 17.0 Å². The van der Waals surface area contributed by atoms with E-state index in [4.69, 9.17) is 0 Å². The van der Waals surface area contributed by atoms with Crippen molar-refractivity contribution in [3.63, 3.8) is 0 Å². The average molecular weight is 349 g/mol. The lowest BCUT2D eigenvalue weighted by atomic mass is 10.2. The third-order valence-electron chi connectivity index (χ3n) is 3.40. The Balaban J connectivity index is 1.86. The van der Waals surface area contributed by atoms with Gasteiger partial charge in [-0.2, -0.15) is 11.8 Å². The second kappa shape index (κ2) is 8.53. The van der Waals surface area contributed by atoms with E-state index < -0.39 is 10.0 Å². The summed E-state index contributed by atoms with van der Waals surface area (Å²) in [6.45, 7) is 4.36. The van der Waals surface area contributed by atoms with Crippen LogP contribution in [0.15, 0.2) is 16.3 Å². The van der Waals surface area contributed by atoms with Gasteiger partial charge in [-0.15, -0.1) is 11.3 Å². The second-order valence-electron chi connectivity index (χ2n) is 5.24. The number of hydrogen-bond acceptors (Lipinski definition) is 5. The minimum Gasteiger partial charge on any atom is -0.312 e. The van der Waals surface area contributed by atoms with Crippen LogP contribution in [0.25, 0.3) is 0 Å². The Morgan fingerprint density at radius 1 is 1.33 bits per heavy atom. The second-order valence-corrected chi connectivity index (χ2v) is 9.81. The van der Waals surface area contributed by atoms with Crippen molar-refractivity contribution in [1.29, 1.82) is 0 Å². The van der Waals surface area contributed by atoms with Crippen molar-refractivity contribution in [2.24, 2.45) is 0 Å². The fourth-order valence-corrected chi connectivity index (χ4v) is 6.02. The molecule has 1 saturated heterocycles. The zero-order chi connectivity index (χ0) is 15.1. The first-order valence-corrected chi connectivity index (χ1v) is 10.9. The first-order valence-electron chi connectivity index (χ1n) is 7.52. The molecule has 1 fully saturated rings. The van der Waals surface area contributed by atoms with Crippen molar-refractivity contribution >= 4 is 33.1 Å². The van der Waals surface area contributed by atoms with Gasteiger partial charge in [-0.25, -0.2) is 13.1 Å². The van der Waals surface area contributed by atoms with Crippen molar-refractivity contribution in [2.75, 3.05) is 18.8 Å². The van der Waals surface area contributed by atoms with Gasteiger partial charge in [0.2, 0.25) is 10.0 Å². The first kappa shape index (κ1) is 17.3. The molecule has 1 aliphatic heterocycles. The van der Waals surface area contributed by atoms with Crippen LogP contribution in [0.5, 0.6) is 0 Å². The van der Waals surface area contributed by atoms with Crippen molar-refractivity contribution < 1.29 is 8.42 Å². The largest absolute Gasteiger partial charge is 0.312 e. The standard InChI is InChI=1S/C14H24N2O2S3/c1-2-8-15-10-13-6-7-14(20-13)21(17,18)16-11-12-5-3-4-9-19-12/h6-7,12,15-16H,2-5,8-11H2,1H3. The molecule has 21 heavy (non-hydrogen) atoms. The summed E-state index contributed by atoms with van der Waals surface area (Å²) in [5.41, 5.74) is 0. The summed E-state index contributed by atoms with van der Waals surface area (Å²) < 4.78 is 27.8. The van der Waals surface area contributed by atoms with E-state index in [1.165, 1.54) is 24.2 Å². The van der Waals surface area contributed by atoms with E-state index in [0.29, 0.717) is 16.0 Å². The van der Waals surface area contributed by atoms with Gasteiger partial charge < -0.3 is 5.32 Å². The highest BCUT2D eigenvalue weighted by Crippen LogP contribution is 2.26. The van der Waals surface area contributed by atoms with Crippen molar-refractivity contribution in [1.82, 2.24) is 10.0 Å². The summed E-state index contributed by atoms with van der Waals surface area (Å²) in [5.74, 6) is 1.15. The maximum absolute atomic E-state index is 12.3. The third-order valence-corrected chi connectivity index (χ3v) is 7.80. The zero-order valence-corrected chi connectivity index (χ0v) is 14.9. The molecule has 7 heteroatoms. The number of hydrogen-bond donors (Lipinski definition) is 2. The van der Waals surface area contributed by atoms with Gasteiger partial charge in [-0.3, -0.25) is 0 Å². The number of sulfonamides is 1. The smallest absolute Gasteiger partial charge is 0.250 e. The lowest BCUT2D eigenvalue weighted by molar-refractivity contribution is 0.576. The molecule has 1 aliphatic rings. The van der Waals surface area contributed by atoms with Crippen molar-refractivity contribution in [3.8, 4) is 0 Å². The van der Waals surface area contributed by atoms with Gasteiger partial charge in [-0.05, 0) is 43.7 Å². The molecule has 0 amide bonds. The number of thiophene rings is 1. The molecule has 4 nitrogen and oxygen atoms in total. The topological polar surface area (TPSA) is 58.2 Å². The van der Waals surface area contributed by atoms with Crippen LogP contribution >= 0.6 is 23.1 Å². The van der Waals surface area contributed by atoms with E-state index in [2.05, 4.69) is 17.0 Å². The fourth-order valence-electron chi connectivity index (χ4n) is 2.23. The van der Waals surface area contributed by atoms with Crippen LogP contribution in [0.4, 0.5) is 0 Å². The molecule has 2 rings (SSSR count). The van der Waals surface area contributed by atoms with Crippen LogP contribution < -0.4 is 10.0 Å². The van der Waals surface area contributed by atoms with E-state index in [1.807, 2.05) is 17.8 Å². The predicted molar refractivity (Wildman–Crippen MR) is 91.6 cm³/mol. The highest BCUT2D eigenvalue weighted by atomic mass is 32.2. The maximum Gasteiger partial charge on any atom is 0.250 e. The molecule has 120 valence electrons. The van der Waals surface area contributed by atoms with Crippen LogP contribution in [-0.4, -0.2) is 32.5 Å². The third kappa shape index (κ3) is 5.56. The van der Waals surface area contributed by atoms with Crippen molar-refractivity contribution in [2.45, 2.75) is 48.6 Å². The molecular weight excluding hydrogens is 324 g/mol. The summed E-state index contributed by atoms with van der Waals surface area (Å²) in [6, 6.07) is 3.61. The lowest BCUT2D eigenvalue weighted by Gasteiger charge is -2.21. The molecule has 0 bridgehead atoms. The van der Waals surface area contributed by atoms with Crippen LogP contribution in [0.3, 0.4) is 0 Å². The normalized spacial score (nSPS) is 19.8. The Hall–Kier alpha value is -0.0800. The molecule has 1 aromatic rings. The molecule has 0 aromatic carbocycles. The molecule has 0 aliphatic carbocycles. The van der Waals surface area contributed by atoms with Crippen LogP contribution in [0.1, 0.15) is 37.5 Å². The van der Waals surface area contributed by atoms with E-state index in [-0.39, 0.29) is 0 Å². The van der Waals surface area contributed by atoms with Crippen LogP contribution in [-0.2, 0) is 16.6 Å². The zero-order valence-electron chi connectivity index (χ0n) is 12.4. The molecule has 2 heterocycles. The van der Waals surface area contributed by atoms with Gasteiger partial charge in [0, 0.05) is 23.2 Å². The maximum atomic E-state index is 12.3. The Kier molecular flexibility index (Phi) is 7.01. The first-order chi connectivity index (χ1) is 10.1. The predicted octanol–water partition coefficient (Wildman–Crippen LogP) is 2.81. The van der Waals surface area contributed by atoms with Gasteiger partial charge in [-0.1, -0.05) is 13.3 Å². The quantitative estimate of drug-likeness (QED) is 0.709. The molecule has 0 spiro atoms. The molecular formula is C14H24N2O2S3. The number of rotatable bonds is 8. The van der Waals surface area contributed by atoms with Crippen LogP contribution in [0, 0.1) is 0 Å². The molecule has 1 atom stereocenters. The highest BCUT2D eigenvalue weighted by molar-refractivity contribution is 8.00. The summed E-state index contributed by atoms with van der Waals surface area (Å²) >= 11 is 3.24. The molecule has 2 N–H and O–H groups in total. The Labute approximate surface area is 136 Å². The number of nitrogens with one attached hydrogen (secondary N) is 2. The SMILES string of the molecule is CCCNCc1ccc(S(=O)(=O)NCC2CCCCS2)s1. The monoisotopic (exact) mass is 348 g/mol. The fraction of sp³-hybridized carbons (Fsp3) is 0.714. The van der Waals surface area contributed by atoms with E-state index >= 15 is 0 Å². The number of thioether (sulfide) groups is 1.